The molecule has 6 rings (SSSR count). The predicted molar refractivity (Wildman–Crippen MR) is 139 cm³/mol. The third-order valence-electron chi connectivity index (χ3n) is 6.06. The maximum atomic E-state index is 12.8. The van der Waals surface area contributed by atoms with E-state index >= 15 is 0 Å². The molecule has 3 aromatic carbocycles. The highest BCUT2D eigenvalue weighted by Crippen LogP contribution is 2.28. The van der Waals surface area contributed by atoms with E-state index in [1.54, 1.807) is 24.5 Å². The van der Waals surface area contributed by atoms with Crippen molar-refractivity contribution in [1.82, 2.24) is 35.0 Å². The largest absolute Gasteiger partial charge is 0.352 e. The maximum absolute atomic E-state index is 12.8. The van der Waals surface area contributed by atoms with Gasteiger partial charge in [-0.05, 0) is 30.7 Å². The number of nitrogens with zero attached hydrogens (tertiary/aromatic N) is 5. The molecule has 0 unspecified atom stereocenters. The Morgan fingerprint density at radius 2 is 1.81 bits per heavy atom. The number of benzene rings is 3. The SMILES string of the molecule is O=C(NCCCc1ncc[nH]1)c1ccc2nc(-n3ncc4ccccc43)c(-c3ccccc3)nc2c1. The second kappa shape index (κ2) is 9.42. The number of carbonyl (C=O) groups is 1. The smallest absolute Gasteiger partial charge is 0.251 e. The molecule has 1 amide bonds. The van der Waals surface area contributed by atoms with E-state index in [2.05, 4.69) is 20.4 Å². The number of fused-ring (bicyclic) bond motifs is 2. The van der Waals surface area contributed by atoms with Crippen LogP contribution < -0.4 is 5.32 Å². The second-order valence-corrected chi connectivity index (χ2v) is 8.48. The van der Waals surface area contributed by atoms with Crippen LogP contribution in [0, 0.1) is 0 Å². The van der Waals surface area contributed by atoms with E-state index in [1.807, 2.05) is 71.5 Å². The first kappa shape index (κ1) is 21.7. The summed E-state index contributed by atoms with van der Waals surface area (Å²) < 4.78 is 1.82. The summed E-state index contributed by atoms with van der Waals surface area (Å²) in [6, 6.07) is 23.3. The minimum Gasteiger partial charge on any atom is -0.352 e. The van der Waals surface area contributed by atoms with Gasteiger partial charge in [-0.25, -0.2) is 19.6 Å². The van der Waals surface area contributed by atoms with Gasteiger partial charge in [0.05, 0.1) is 22.7 Å². The molecule has 0 radical (unpaired) electrons. The van der Waals surface area contributed by atoms with Crippen LogP contribution in [0.2, 0.25) is 0 Å². The van der Waals surface area contributed by atoms with Crippen LogP contribution in [0.4, 0.5) is 0 Å². The molecule has 0 fully saturated rings. The molecule has 0 aliphatic rings. The zero-order valence-corrected chi connectivity index (χ0v) is 19.4. The number of H-pyrrole nitrogens is 1. The molecular formula is C28H23N7O. The summed E-state index contributed by atoms with van der Waals surface area (Å²) in [5.74, 6) is 1.42. The van der Waals surface area contributed by atoms with Crippen molar-refractivity contribution in [3.05, 3.63) is 103 Å². The number of carbonyl (C=O) groups excluding carboxylic acids is 1. The molecule has 2 N–H and O–H groups in total. The standard InChI is InChI=1S/C28H23N7O/c36-28(31-14-6-11-25-29-15-16-30-25)20-12-13-22-23(17-20)33-26(19-7-2-1-3-8-19)27(34-22)35-24-10-5-4-9-21(24)18-32-35/h1-5,7-10,12-13,15-18H,6,11,14H2,(H,29,30)(H,31,36). The van der Waals surface area contributed by atoms with Gasteiger partial charge in [-0.1, -0.05) is 48.5 Å². The normalized spacial score (nSPS) is 11.2. The van der Waals surface area contributed by atoms with Crippen LogP contribution in [-0.4, -0.2) is 42.2 Å². The van der Waals surface area contributed by atoms with E-state index in [-0.39, 0.29) is 5.91 Å². The van der Waals surface area contributed by atoms with E-state index in [1.165, 1.54) is 0 Å². The van der Waals surface area contributed by atoms with E-state index in [4.69, 9.17) is 9.97 Å². The van der Waals surface area contributed by atoms with Crippen LogP contribution in [0.5, 0.6) is 0 Å². The first-order chi connectivity index (χ1) is 17.8. The quantitative estimate of drug-likeness (QED) is 0.327. The van der Waals surface area contributed by atoms with E-state index in [0.717, 1.165) is 35.1 Å². The number of aryl methyl sites for hydroxylation is 1. The lowest BCUT2D eigenvalue weighted by atomic mass is 10.1. The Hall–Kier alpha value is -4.85. The zero-order chi connectivity index (χ0) is 24.3. The van der Waals surface area contributed by atoms with Gasteiger partial charge in [0, 0.05) is 41.9 Å². The second-order valence-electron chi connectivity index (χ2n) is 8.48. The highest BCUT2D eigenvalue weighted by molar-refractivity contribution is 5.97. The van der Waals surface area contributed by atoms with Gasteiger partial charge in [-0.15, -0.1) is 0 Å². The van der Waals surface area contributed by atoms with Gasteiger partial charge in [-0.2, -0.15) is 5.10 Å². The van der Waals surface area contributed by atoms with Gasteiger partial charge in [-0.3, -0.25) is 4.79 Å². The third-order valence-corrected chi connectivity index (χ3v) is 6.06. The average Bonchev–Trinajstić information content (AvgIpc) is 3.61. The number of aromatic amines is 1. The molecule has 0 atom stereocenters. The van der Waals surface area contributed by atoms with Crippen LogP contribution in [0.15, 0.2) is 91.4 Å². The Morgan fingerprint density at radius 1 is 0.944 bits per heavy atom. The van der Waals surface area contributed by atoms with Crippen molar-refractivity contribution in [2.24, 2.45) is 0 Å². The first-order valence-electron chi connectivity index (χ1n) is 11.8. The summed E-state index contributed by atoms with van der Waals surface area (Å²) in [5.41, 5.74) is 4.47. The highest BCUT2D eigenvalue weighted by Gasteiger charge is 2.17. The van der Waals surface area contributed by atoms with Gasteiger partial charge >= 0.3 is 0 Å². The summed E-state index contributed by atoms with van der Waals surface area (Å²) >= 11 is 0. The summed E-state index contributed by atoms with van der Waals surface area (Å²) in [6.07, 6.45) is 6.94. The lowest BCUT2D eigenvalue weighted by Crippen LogP contribution is -2.24. The molecule has 0 bridgehead atoms. The fourth-order valence-corrected chi connectivity index (χ4v) is 4.26. The molecule has 8 heteroatoms. The van der Waals surface area contributed by atoms with Crippen LogP contribution in [0.1, 0.15) is 22.6 Å². The maximum Gasteiger partial charge on any atom is 0.251 e. The number of imidazole rings is 1. The minimum absolute atomic E-state index is 0.137. The molecule has 0 aliphatic heterocycles. The number of hydrogen-bond donors (Lipinski definition) is 2. The van der Waals surface area contributed by atoms with Crippen molar-refractivity contribution in [3.63, 3.8) is 0 Å². The van der Waals surface area contributed by atoms with Crippen LogP contribution in [0.3, 0.4) is 0 Å². The van der Waals surface area contributed by atoms with Gasteiger partial charge < -0.3 is 10.3 Å². The molecule has 3 aromatic heterocycles. The van der Waals surface area contributed by atoms with Crippen molar-refractivity contribution < 1.29 is 4.79 Å². The zero-order valence-electron chi connectivity index (χ0n) is 19.4. The first-order valence-corrected chi connectivity index (χ1v) is 11.8. The summed E-state index contributed by atoms with van der Waals surface area (Å²) in [5, 5.41) is 8.62. The number of rotatable bonds is 7. The monoisotopic (exact) mass is 473 g/mol. The Kier molecular flexibility index (Phi) is 5.67. The average molecular weight is 474 g/mol. The summed E-state index contributed by atoms with van der Waals surface area (Å²) in [7, 11) is 0. The van der Waals surface area contributed by atoms with Crippen LogP contribution in [0.25, 0.3) is 39.0 Å². The number of nitrogens with one attached hydrogen (secondary N) is 2. The summed E-state index contributed by atoms with van der Waals surface area (Å²) in [4.78, 5) is 30.0. The molecule has 3 heterocycles. The van der Waals surface area contributed by atoms with Crippen molar-refractivity contribution in [3.8, 4) is 17.1 Å². The van der Waals surface area contributed by atoms with E-state index in [9.17, 15) is 4.79 Å². The summed E-state index contributed by atoms with van der Waals surface area (Å²) in [6.45, 7) is 0.559. The number of aromatic nitrogens is 6. The van der Waals surface area contributed by atoms with Crippen molar-refractivity contribution in [1.29, 1.82) is 0 Å². The molecule has 0 aliphatic carbocycles. The fraction of sp³-hybridized carbons (Fsp3) is 0.107. The molecule has 176 valence electrons. The fourth-order valence-electron chi connectivity index (χ4n) is 4.26. The Bertz CT molecular complexity index is 1660. The number of amides is 1. The molecule has 0 saturated carbocycles. The topological polar surface area (TPSA) is 101 Å². The van der Waals surface area contributed by atoms with Gasteiger partial charge in [0.15, 0.2) is 5.82 Å². The lowest BCUT2D eigenvalue weighted by Gasteiger charge is -2.12. The van der Waals surface area contributed by atoms with Crippen molar-refractivity contribution in [2.75, 3.05) is 6.54 Å². The molecular weight excluding hydrogens is 450 g/mol. The van der Waals surface area contributed by atoms with Gasteiger partial charge in [0.1, 0.15) is 11.5 Å². The molecule has 36 heavy (non-hydrogen) atoms. The number of para-hydroxylation sites is 1. The van der Waals surface area contributed by atoms with E-state index in [0.29, 0.717) is 34.7 Å². The van der Waals surface area contributed by atoms with Gasteiger partial charge in [0.25, 0.3) is 5.91 Å². The Morgan fingerprint density at radius 3 is 2.67 bits per heavy atom. The van der Waals surface area contributed by atoms with Crippen LogP contribution in [-0.2, 0) is 6.42 Å². The highest BCUT2D eigenvalue weighted by atomic mass is 16.1. The van der Waals surface area contributed by atoms with Crippen LogP contribution >= 0.6 is 0 Å². The third kappa shape index (κ3) is 4.20. The lowest BCUT2D eigenvalue weighted by molar-refractivity contribution is 0.0953. The van der Waals surface area contributed by atoms with Crippen molar-refractivity contribution >= 4 is 27.8 Å². The number of hydrogen-bond acceptors (Lipinski definition) is 5. The Labute approximate surface area is 207 Å². The predicted octanol–water partition coefficient (Wildman–Crippen LogP) is 4.72. The Balaban J connectivity index is 1.34. The van der Waals surface area contributed by atoms with Gasteiger partial charge in [0.2, 0.25) is 0 Å². The van der Waals surface area contributed by atoms with E-state index < -0.39 is 0 Å². The molecule has 0 spiro atoms. The molecule has 0 saturated heterocycles. The molecule has 8 nitrogen and oxygen atoms in total. The minimum atomic E-state index is -0.137. The van der Waals surface area contributed by atoms with Crippen molar-refractivity contribution in [2.45, 2.75) is 12.8 Å². The molecule has 6 aromatic rings.